The standard InChI is InChI=1S/C20H24N4O5/c1-27-12-13-28-11-10-23-18(25)14-4-8-17(9-5-14)29-19(26)15-2-6-16(7-3-15)24-20(21)22/h2-9H,10-13H2,1H3,(H,23,25)(H4,21,22,24). The van der Waals surface area contributed by atoms with Gasteiger partial charge < -0.3 is 31.0 Å². The Labute approximate surface area is 168 Å². The molecular weight excluding hydrogens is 376 g/mol. The van der Waals surface area contributed by atoms with E-state index in [0.29, 0.717) is 48.9 Å². The number of benzene rings is 2. The zero-order valence-electron chi connectivity index (χ0n) is 16.1. The van der Waals surface area contributed by atoms with Crippen molar-refractivity contribution in [3.05, 3.63) is 59.7 Å². The fourth-order valence-electron chi connectivity index (χ4n) is 2.24. The number of methoxy groups -OCH3 is 1. The number of hydrogen-bond acceptors (Lipinski definition) is 6. The fraction of sp³-hybridized carbons (Fsp3) is 0.250. The van der Waals surface area contributed by atoms with Crippen molar-refractivity contribution in [2.45, 2.75) is 0 Å². The van der Waals surface area contributed by atoms with E-state index in [0.717, 1.165) is 0 Å². The van der Waals surface area contributed by atoms with Crippen LogP contribution in [0.1, 0.15) is 20.7 Å². The van der Waals surface area contributed by atoms with Crippen LogP contribution >= 0.6 is 0 Å². The number of esters is 1. The van der Waals surface area contributed by atoms with Crippen molar-refractivity contribution in [1.82, 2.24) is 5.32 Å². The molecule has 0 aliphatic heterocycles. The van der Waals surface area contributed by atoms with Crippen LogP contribution in [-0.2, 0) is 9.47 Å². The monoisotopic (exact) mass is 400 g/mol. The highest BCUT2D eigenvalue weighted by molar-refractivity contribution is 5.94. The molecule has 2 aromatic carbocycles. The molecule has 9 heteroatoms. The molecule has 2 aromatic rings. The van der Waals surface area contributed by atoms with Crippen LogP contribution in [0.15, 0.2) is 53.5 Å². The lowest BCUT2D eigenvalue weighted by Crippen LogP contribution is -2.27. The van der Waals surface area contributed by atoms with Gasteiger partial charge in [0.15, 0.2) is 5.96 Å². The number of rotatable bonds is 10. The van der Waals surface area contributed by atoms with Gasteiger partial charge in [-0.1, -0.05) is 0 Å². The third-order valence-corrected chi connectivity index (χ3v) is 3.65. The number of nitrogens with zero attached hydrogens (tertiary/aromatic N) is 1. The van der Waals surface area contributed by atoms with E-state index >= 15 is 0 Å². The van der Waals surface area contributed by atoms with E-state index in [1.54, 1.807) is 55.6 Å². The molecule has 0 heterocycles. The van der Waals surface area contributed by atoms with Crippen molar-refractivity contribution in [3.8, 4) is 5.75 Å². The van der Waals surface area contributed by atoms with Crippen molar-refractivity contribution in [3.63, 3.8) is 0 Å². The fourth-order valence-corrected chi connectivity index (χ4v) is 2.24. The summed E-state index contributed by atoms with van der Waals surface area (Å²) in [4.78, 5) is 28.2. The Hall–Kier alpha value is -3.43. The molecule has 2 rings (SSSR count). The van der Waals surface area contributed by atoms with E-state index < -0.39 is 5.97 Å². The van der Waals surface area contributed by atoms with E-state index in [-0.39, 0.29) is 11.9 Å². The van der Waals surface area contributed by atoms with Crippen LogP contribution in [0.2, 0.25) is 0 Å². The van der Waals surface area contributed by atoms with Gasteiger partial charge in [0.05, 0.1) is 31.1 Å². The molecule has 29 heavy (non-hydrogen) atoms. The van der Waals surface area contributed by atoms with Crippen molar-refractivity contribution in [2.24, 2.45) is 16.5 Å². The normalized spacial score (nSPS) is 10.2. The number of ether oxygens (including phenoxy) is 3. The summed E-state index contributed by atoms with van der Waals surface area (Å²) in [5.74, 6) is -0.522. The summed E-state index contributed by atoms with van der Waals surface area (Å²) < 4.78 is 15.4. The van der Waals surface area contributed by atoms with E-state index in [9.17, 15) is 9.59 Å². The number of carbonyl (C=O) groups excluding carboxylic acids is 2. The molecule has 9 nitrogen and oxygen atoms in total. The molecule has 0 saturated heterocycles. The number of amides is 1. The topological polar surface area (TPSA) is 138 Å². The summed E-state index contributed by atoms with van der Waals surface area (Å²) in [6, 6.07) is 12.6. The summed E-state index contributed by atoms with van der Waals surface area (Å²) in [6.45, 7) is 1.76. The molecule has 5 N–H and O–H groups in total. The van der Waals surface area contributed by atoms with Crippen LogP contribution in [0.5, 0.6) is 5.75 Å². The molecular formula is C20H24N4O5. The first-order valence-corrected chi connectivity index (χ1v) is 8.86. The van der Waals surface area contributed by atoms with Gasteiger partial charge in [0.25, 0.3) is 5.91 Å². The number of nitrogens with one attached hydrogen (secondary N) is 1. The van der Waals surface area contributed by atoms with Gasteiger partial charge in [0, 0.05) is 19.2 Å². The number of carbonyl (C=O) groups is 2. The quantitative estimate of drug-likeness (QED) is 0.179. The molecule has 0 unspecified atom stereocenters. The minimum atomic E-state index is -0.536. The van der Waals surface area contributed by atoms with Gasteiger partial charge in [-0.15, -0.1) is 0 Å². The summed E-state index contributed by atoms with van der Waals surface area (Å²) in [5, 5.41) is 2.74. The van der Waals surface area contributed by atoms with E-state index in [1.165, 1.54) is 0 Å². The zero-order valence-corrected chi connectivity index (χ0v) is 16.1. The van der Waals surface area contributed by atoms with Crippen LogP contribution < -0.4 is 21.5 Å². The molecule has 1 amide bonds. The van der Waals surface area contributed by atoms with Crippen LogP contribution in [-0.4, -0.2) is 51.3 Å². The highest BCUT2D eigenvalue weighted by atomic mass is 16.5. The number of hydrogen-bond donors (Lipinski definition) is 3. The van der Waals surface area contributed by atoms with Crippen molar-refractivity contribution in [2.75, 3.05) is 33.5 Å². The summed E-state index contributed by atoms with van der Waals surface area (Å²) in [7, 11) is 1.59. The minimum Gasteiger partial charge on any atom is -0.423 e. The van der Waals surface area contributed by atoms with Crippen LogP contribution in [0, 0.1) is 0 Å². The number of nitrogens with two attached hydrogens (primary N) is 2. The summed E-state index contributed by atoms with van der Waals surface area (Å²) in [6.07, 6.45) is 0. The molecule has 0 spiro atoms. The molecule has 0 atom stereocenters. The predicted molar refractivity (Wildman–Crippen MR) is 108 cm³/mol. The lowest BCUT2D eigenvalue weighted by molar-refractivity contribution is 0.0692. The lowest BCUT2D eigenvalue weighted by atomic mass is 10.2. The molecule has 0 bridgehead atoms. The predicted octanol–water partition coefficient (Wildman–Crippen LogP) is 1.20. The first-order valence-electron chi connectivity index (χ1n) is 8.86. The van der Waals surface area contributed by atoms with Crippen LogP contribution in [0.25, 0.3) is 0 Å². The molecule has 0 aromatic heterocycles. The first-order chi connectivity index (χ1) is 14.0. The third kappa shape index (κ3) is 7.60. The largest absolute Gasteiger partial charge is 0.423 e. The molecule has 0 fully saturated rings. The Balaban J connectivity index is 1.84. The van der Waals surface area contributed by atoms with Gasteiger partial charge in [-0.3, -0.25) is 4.79 Å². The average molecular weight is 400 g/mol. The van der Waals surface area contributed by atoms with Crippen molar-refractivity contribution < 1.29 is 23.8 Å². The Bertz CT molecular complexity index is 831. The Morgan fingerprint density at radius 1 is 0.931 bits per heavy atom. The van der Waals surface area contributed by atoms with Crippen LogP contribution in [0.3, 0.4) is 0 Å². The maximum atomic E-state index is 12.2. The van der Waals surface area contributed by atoms with E-state index in [1.807, 2.05) is 0 Å². The van der Waals surface area contributed by atoms with Gasteiger partial charge in [0.2, 0.25) is 0 Å². The van der Waals surface area contributed by atoms with Gasteiger partial charge in [0.1, 0.15) is 5.75 Å². The Morgan fingerprint density at radius 2 is 1.59 bits per heavy atom. The number of aliphatic imine (C=N–C) groups is 1. The Kier molecular flexibility index (Phi) is 8.61. The highest BCUT2D eigenvalue weighted by Gasteiger charge is 2.10. The second-order valence-corrected chi connectivity index (χ2v) is 5.86. The minimum absolute atomic E-state index is 0.0666. The maximum Gasteiger partial charge on any atom is 0.343 e. The molecule has 0 saturated carbocycles. The maximum absolute atomic E-state index is 12.2. The van der Waals surface area contributed by atoms with Crippen molar-refractivity contribution >= 4 is 23.5 Å². The van der Waals surface area contributed by atoms with E-state index in [2.05, 4.69) is 10.3 Å². The van der Waals surface area contributed by atoms with Gasteiger partial charge in [-0.05, 0) is 48.5 Å². The number of guanidine groups is 1. The van der Waals surface area contributed by atoms with Crippen molar-refractivity contribution in [1.29, 1.82) is 0 Å². The van der Waals surface area contributed by atoms with E-state index in [4.69, 9.17) is 25.7 Å². The van der Waals surface area contributed by atoms with Crippen LogP contribution in [0.4, 0.5) is 5.69 Å². The average Bonchev–Trinajstić information content (AvgIpc) is 2.71. The lowest BCUT2D eigenvalue weighted by Gasteiger charge is -2.08. The summed E-state index contributed by atoms with van der Waals surface area (Å²) >= 11 is 0. The summed E-state index contributed by atoms with van der Waals surface area (Å²) in [5.41, 5.74) is 11.9. The second-order valence-electron chi connectivity index (χ2n) is 5.86. The smallest absolute Gasteiger partial charge is 0.343 e. The zero-order chi connectivity index (χ0) is 21.1. The molecule has 0 aliphatic carbocycles. The third-order valence-electron chi connectivity index (χ3n) is 3.65. The Morgan fingerprint density at radius 3 is 2.21 bits per heavy atom. The molecule has 0 radical (unpaired) electrons. The van der Waals surface area contributed by atoms with Gasteiger partial charge in [-0.2, -0.15) is 0 Å². The second kappa shape index (κ2) is 11.4. The molecule has 0 aliphatic rings. The molecule has 154 valence electrons. The van der Waals surface area contributed by atoms with Gasteiger partial charge >= 0.3 is 5.97 Å². The van der Waals surface area contributed by atoms with Gasteiger partial charge in [-0.25, -0.2) is 9.79 Å². The highest BCUT2D eigenvalue weighted by Crippen LogP contribution is 2.17. The first kappa shape index (κ1) is 21.9. The SMILES string of the molecule is COCCOCCNC(=O)c1ccc(OC(=O)c2ccc(N=C(N)N)cc2)cc1.